The highest BCUT2D eigenvalue weighted by atomic mass is 32.2. The van der Waals surface area contributed by atoms with E-state index in [-0.39, 0.29) is 35.7 Å². The lowest BCUT2D eigenvalue weighted by Crippen LogP contribution is -2.44. The first kappa shape index (κ1) is 15.4. The van der Waals surface area contributed by atoms with Crippen molar-refractivity contribution in [2.75, 3.05) is 24.6 Å². The number of nitrogens with zero attached hydrogens (tertiary/aromatic N) is 2. The van der Waals surface area contributed by atoms with Crippen LogP contribution in [0.4, 0.5) is 10.1 Å². The number of carbonyl (C=O) groups is 1. The van der Waals surface area contributed by atoms with Crippen molar-refractivity contribution in [2.24, 2.45) is 0 Å². The summed E-state index contributed by atoms with van der Waals surface area (Å²) < 4.78 is 36.7. The average molecular weight is 316 g/mol. The van der Waals surface area contributed by atoms with Gasteiger partial charge in [0.1, 0.15) is 5.82 Å². The van der Waals surface area contributed by atoms with E-state index in [4.69, 9.17) is 0 Å². The number of amides is 1. The van der Waals surface area contributed by atoms with Crippen LogP contribution in [0.2, 0.25) is 0 Å². The zero-order chi connectivity index (χ0) is 15.8. The maximum atomic E-state index is 14.1. The summed E-state index contributed by atoms with van der Waals surface area (Å²) in [7, 11) is -3.14. The van der Waals surface area contributed by atoms with Gasteiger partial charge in [0.25, 0.3) is 11.6 Å². The fraction of sp³-hybridized carbons (Fsp3) is 0.417. The van der Waals surface area contributed by atoms with Crippen molar-refractivity contribution in [3.63, 3.8) is 0 Å². The Kier molecular flexibility index (Phi) is 3.95. The lowest BCUT2D eigenvalue weighted by molar-refractivity contribution is -0.385. The number of hydrogen-bond donors (Lipinski definition) is 0. The molecule has 0 saturated carbocycles. The summed E-state index contributed by atoms with van der Waals surface area (Å²) in [5, 5.41) is 10.7. The third-order valence-electron chi connectivity index (χ3n) is 3.42. The molecule has 0 unspecified atom stereocenters. The highest BCUT2D eigenvalue weighted by Crippen LogP contribution is 2.24. The molecule has 1 amide bonds. The molecule has 1 fully saturated rings. The van der Waals surface area contributed by atoms with Crippen LogP contribution >= 0.6 is 0 Å². The second kappa shape index (κ2) is 5.40. The monoisotopic (exact) mass is 316 g/mol. The number of rotatable bonds is 2. The summed E-state index contributed by atoms with van der Waals surface area (Å²) in [6.07, 6.45) is 0. The molecule has 1 heterocycles. The number of sulfone groups is 1. The van der Waals surface area contributed by atoms with E-state index in [1.807, 2.05) is 0 Å². The van der Waals surface area contributed by atoms with Crippen LogP contribution < -0.4 is 0 Å². The van der Waals surface area contributed by atoms with E-state index in [9.17, 15) is 27.7 Å². The normalized spacial score (nSPS) is 17.5. The summed E-state index contributed by atoms with van der Waals surface area (Å²) in [6, 6.07) is 2.14. The zero-order valence-electron chi connectivity index (χ0n) is 11.2. The third-order valence-corrected chi connectivity index (χ3v) is 5.03. The average Bonchev–Trinajstić information content (AvgIpc) is 2.40. The number of halogens is 1. The predicted molar refractivity (Wildman–Crippen MR) is 72.3 cm³/mol. The van der Waals surface area contributed by atoms with Crippen LogP contribution in [0.5, 0.6) is 0 Å². The van der Waals surface area contributed by atoms with E-state index in [0.717, 1.165) is 12.1 Å². The molecule has 7 nitrogen and oxygen atoms in total. The first-order chi connectivity index (χ1) is 9.73. The van der Waals surface area contributed by atoms with Gasteiger partial charge in [-0.15, -0.1) is 0 Å². The summed E-state index contributed by atoms with van der Waals surface area (Å²) in [6.45, 7) is 1.22. The molecule has 114 valence electrons. The number of nitro benzene ring substituents is 1. The molecule has 2 rings (SSSR count). The van der Waals surface area contributed by atoms with Gasteiger partial charge >= 0.3 is 0 Å². The van der Waals surface area contributed by atoms with Crippen molar-refractivity contribution in [3.05, 3.63) is 39.2 Å². The van der Waals surface area contributed by atoms with Crippen molar-refractivity contribution in [1.29, 1.82) is 0 Å². The highest BCUT2D eigenvalue weighted by molar-refractivity contribution is 7.91. The Balaban J connectivity index is 2.29. The molecule has 1 aliphatic rings. The first-order valence-electron chi connectivity index (χ1n) is 6.16. The van der Waals surface area contributed by atoms with Gasteiger partial charge in [-0.2, -0.15) is 0 Å². The van der Waals surface area contributed by atoms with Gasteiger partial charge in [-0.05, 0) is 13.0 Å². The first-order valence-corrected chi connectivity index (χ1v) is 7.98. The van der Waals surface area contributed by atoms with E-state index in [1.165, 1.54) is 11.8 Å². The summed E-state index contributed by atoms with van der Waals surface area (Å²) in [5.74, 6) is -1.92. The van der Waals surface area contributed by atoms with E-state index in [2.05, 4.69) is 0 Å². The molecule has 0 aromatic heterocycles. The minimum absolute atomic E-state index is 0.00333. The highest BCUT2D eigenvalue weighted by Gasteiger charge is 2.29. The second-order valence-corrected chi connectivity index (χ2v) is 7.08. The van der Waals surface area contributed by atoms with Crippen molar-refractivity contribution in [3.8, 4) is 0 Å². The quantitative estimate of drug-likeness (QED) is 0.597. The van der Waals surface area contributed by atoms with E-state index >= 15 is 0 Å². The van der Waals surface area contributed by atoms with Gasteiger partial charge in [-0.1, -0.05) is 0 Å². The molecule has 0 atom stereocenters. The fourth-order valence-electron chi connectivity index (χ4n) is 2.12. The minimum Gasteiger partial charge on any atom is -0.337 e. The molecule has 1 aliphatic heterocycles. The van der Waals surface area contributed by atoms with Gasteiger partial charge < -0.3 is 4.90 Å². The number of hydrogen-bond acceptors (Lipinski definition) is 5. The maximum absolute atomic E-state index is 14.1. The number of benzene rings is 1. The van der Waals surface area contributed by atoms with Crippen LogP contribution in [-0.4, -0.2) is 48.7 Å². The molecular formula is C12H13FN2O5S. The Morgan fingerprint density at radius 1 is 1.33 bits per heavy atom. The predicted octanol–water partition coefficient (Wildman–Crippen LogP) is 0.913. The Hall–Kier alpha value is -2.03. The van der Waals surface area contributed by atoms with Crippen LogP contribution in [0.15, 0.2) is 12.1 Å². The van der Waals surface area contributed by atoms with Crippen LogP contribution in [0, 0.1) is 22.9 Å². The van der Waals surface area contributed by atoms with E-state index < -0.39 is 32.2 Å². The molecule has 1 aromatic rings. The van der Waals surface area contributed by atoms with Gasteiger partial charge in [0, 0.05) is 19.2 Å². The second-order valence-electron chi connectivity index (χ2n) is 4.77. The molecule has 0 bridgehead atoms. The van der Waals surface area contributed by atoms with Gasteiger partial charge in [0.2, 0.25) is 0 Å². The molecule has 9 heteroatoms. The molecule has 0 aliphatic carbocycles. The topological polar surface area (TPSA) is 97.6 Å². The summed E-state index contributed by atoms with van der Waals surface area (Å²) in [4.78, 5) is 23.4. The third kappa shape index (κ3) is 3.02. The van der Waals surface area contributed by atoms with Gasteiger partial charge in [0.05, 0.1) is 27.6 Å². The van der Waals surface area contributed by atoms with Crippen LogP contribution in [0.3, 0.4) is 0 Å². The minimum atomic E-state index is -3.14. The van der Waals surface area contributed by atoms with Crippen LogP contribution in [0.25, 0.3) is 0 Å². The summed E-state index contributed by atoms with van der Waals surface area (Å²) in [5.41, 5.74) is -0.891. The number of carbonyl (C=O) groups excluding carboxylic acids is 1. The lowest BCUT2D eigenvalue weighted by Gasteiger charge is -2.27. The number of nitro groups is 1. The Bertz CT molecular complexity index is 703. The van der Waals surface area contributed by atoms with Crippen LogP contribution in [-0.2, 0) is 9.84 Å². The van der Waals surface area contributed by atoms with Crippen molar-refractivity contribution >= 4 is 21.4 Å². The van der Waals surface area contributed by atoms with Gasteiger partial charge in [0.15, 0.2) is 9.84 Å². The van der Waals surface area contributed by atoms with Crippen molar-refractivity contribution in [1.82, 2.24) is 4.90 Å². The Labute approximate surface area is 120 Å². The molecule has 0 spiro atoms. The molecular weight excluding hydrogens is 303 g/mol. The van der Waals surface area contributed by atoms with Crippen molar-refractivity contribution < 1.29 is 22.5 Å². The van der Waals surface area contributed by atoms with Crippen LogP contribution in [0.1, 0.15) is 15.9 Å². The van der Waals surface area contributed by atoms with E-state index in [1.54, 1.807) is 0 Å². The lowest BCUT2D eigenvalue weighted by atomic mass is 10.1. The molecule has 1 saturated heterocycles. The standard InChI is InChI=1S/C12H13FN2O5S/c1-8-10(15(17)18)3-2-9(11(8)13)12(16)14-4-6-21(19,20)7-5-14/h2-3H,4-7H2,1H3. The van der Waals surface area contributed by atoms with Crippen molar-refractivity contribution in [2.45, 2.75) is 6.92 Å². The molecule has 1 aromatic carbocycles. The maximum Gasteiger partial charge on any atom is 0.275 e. The van der Waals surface area contributed by atoms with Gasteiger partial charge in [-0.3, -0.25) is 14.9 Å². The zero-order valence-corrected chi connectivity index (χ0v) is 12.0. The summed E-state index contributed by atoms with van der Waals surface area (Å²) >= 11 is 0. The smallest absolute Gasteiger partial charge is 0.275 e. The largest absolute Gasteiger partial charge is 0.337 e. The van der Waals surface area contributed by atoms with E-state index in [0.29, 0.717) is 0 Å². The SMILES string of the molecule is Cc1c([N+](=O)[O-])ccc(C(=O)N2CCS(=O)(=O)CC2)c1F. The van der Waals surface area contributed by atoms with Gasteiger partial charge in [-0.25, -0.2) is 12.8 Å². The molecule has 21 heavy (non-hydrogen) atoms. The molecule has 0 N–H and O–H groups in total. The Morgan fingerprint density at radius 2 is 1.90 bits per heavy atom. The fourth-order valence-corrected chi connectivity index (χ4v) is 3.32. The molecule has 0 radical (unpaired) electrons. The Morgan fingerprint density at radius 3 is 2.43 bits per heavy atom.